The van der Waals surface area contributed by atoms with E-state index < -0.39 is 21.2 Å². The van der Waals surface area contributed by atoms with Gasteiger partial charge in [-0.2, -0.15) is 5.48 Å². The van der Waals surface area contributed by atoms with Gasteiger partial charge in [0, 0.05) is 17.5 Å². The minimum Gasteiger partial charge on any atom is -0.483 e. The van der Waals surface area contributed by atoms with Gasteiger partial charge in [0.1, 0.15) is 6.10 Å². The largest absolute Gasteiger partial charge is 0.483 e. The van der Waals surface area contributed by atoms with E-state index in [2.05, 4.69) is 15.3 Å². The molecule has 0 radical (unpaired) electrons. The van der Waals surface area contributed by atoms with E-state index in [9.17, 15) is 13.2 Å². The van der Waals surface area contributed by atoms with Gasteiger partial charge in [-0.1, -0.05) is 0 Å². The second kappa shape index (κ2) is 7.23. The van der Waals surface area contributed by atoms with E-state index in [-0.39, 0.29) is 29.5 Å². The highest BCUT2D eigenvalue weighted by Crippen LogP contribution is 2.41. The number of hydroxylamine groups is 1. The molecule has 0 spiro atoms. The Kier molecular flexibility index (Phi) is 5.18. The van der Waals surface area contributed by atoms with Crippen molar-refractivity contribution < 1.29 is 22.8 Å². The molecule has 10 heteroatoms. The van der Waals surface area contributed by atoms with Crippen molar-refractivity contribution in [2.75, 3.05) is 13.7 Å². The van der Waals surface area contributed by atoms with E-state index in [1.807, 2.05) is 13.8 Å². The third-order valence-corrected chi connectivity index (χ3v) is 8.46. The lowest BCUT2D eigenvalue weighted by atomic mass is 9.77. The third-order valence-electron chi connectivity index (χ3n) is 6.38. The SMILES string of the molecule is COC1=NN(CC2CC(C)NO2)C(=O)C2CC(S(=O)(=O)NC3(C)CC3)CCC12. The van der Waals surface area contributed by atoms with Crippen LogP contribution in [0.1, 0.15) is 52.4 Å². The summed E-state index contributed by atoms with van der Waals surface area (Å²) in [4.78, 5) is 18.6. The zero-order valence-electron chi connectivity index (χ0n) is 16.7. The summed E-state index contributed by atoms with van der Waals surface area (Å²) in [7, 11) is -1.91. The van der Waals surface area contributed by atoms with Crippen molar-refractivity contribution in [3.05, 3.63) is 0 Å². The Hall–Kier alpha value is -1.23. The van der Waals surface area contributed by atoms with Crippen molar-refractivity contribution in [2.24, 2.45) is 16.9 Å². The van der Waals surface area contributed by atoms with Gasteiger partial charge in [0.05, 0.1) is 24.8 Å². The molecule has 2 N–H and O–H groups in total. The maximum atomic E-state index is 13.1. The van der Waals surface area contributed by atoms with Crippen molar-refractivity contribution in [3.8, 4) is 0 Å². The molecule has 0 aromatic carbocycles. The number of rotatable bonds is 5. The molecule has 2 aliphatic heterocycles. The summed E-state index contributed by atoms with van der Waals surface area (Å²) < 4.78 is 34.0. The molecule has 0 aromatic heterocycles. The predicted octanol–water partition coefficient (Wildman–Crippen LogP) is 0.727. The minimum atomic E-state index is -3.46. The number of carbonyl (C=O) groups excluding carboxylic acids is 1. The molecule has 4 rings (SSSR count). The van der Waals surface area contributed by atoms with Crippen LogP contribution in [0.15, 0.2) is 5.10 Å². The third kappa shape index (κ3) is 3.92. The fourth-order valence-corrected chi connectivity index (χ4v) is 6.43. The number of nitrogens with zero attached hydrogens (tertiary/aromatic N) is 2. The van der Waals surface area contributed by atoms with Crippen LogP contribution in [0, 0.1) is 11.8 Å². The number of methoxy groups -OCH3 is 1. The zero-order valence-corrected chi connectivity index (χ0v) is 17.5. The van der Waals surface area contributed by atoms with Crippen LogP contribution < -0.4 is 10.2 Å². The fourth-order valence-electron chi connectivity index (χ4n) is 4.46. The van der Waals surface area contributed by atoms with Crippen molar-refractivity contribution in [2.45, 2.75) is 75.3 Å². The summed E-state index contributed by atoms with van der Waals surface area (Å²) in [6.45, 7) is 4.28. The van der Waals surface area contributed by atoms with E-state index in [1.54, 1.807) is 7.11 Å². The van der Waals surface area contributed by atoms with E-state index in [1.165, 1.54) is 5.01 Å². The minimum absolute atomic E-state index is 0.133. The summed E-state index contributed by atoms with van der Waals surface area (Å²) in [6, 6.07) is 0.225. The summed E-state index contributed by atoms with van der Waals surface area (Å²) >= 11 is 0. The molecule has 4 aliphatic rings. The lowest BCUT2D eigenvalue weighted by molar-refractivity contribution is -0.141. The average Bonchev–Trinajstić information content (AvgIpc) is 3.22. The van der Waals surface area contributed by atoms with Crippen molar-refractivity contribution >= 4 is 21.8 Å². The van der Waals surface area contributed by atoms with Gasteiger partial charge in [0.25, 0.3) is 0 Å². The van der Waals surface area contributed by atoms with Crippen LogP contribution in [0.4, 0.5) is 0 Å². The standard InChI is InChI=1S/C18H30N4O5S/c1-11-8-12(27-20-11)10-22-17(23)15-9-13(4-5-14(15)16(19-22)26-3)28(24,25)21-18(2)6-7-18/h11-15,20-21H,4-10H2,1-3H3. The Morgan fingerprint density at radius 2 is 2.07 bits per heavy atom. The number of hydrazone groups is 1. The van der Waals surface area contributed by atoms with Crippen LogP contribution in [-0.4, -0.2) is 61.8 Å². The molecule has 0 bridgehead atoms. The first kappa shape index (κ1) is 20.1. The van der Waals surface area contributed by atoms with Crippen molar-refractivity contribution in [1.82, 2.24) is 15.2 Å². The van der Waals surface area contributed by atoms with Gasteiger partial charge in [-0.15, -0.1) is 5.10 Å². The molecule has 3 fully saturated rings. The molecule has 158 valence electrons. The van der Waals surface area contributed by atoms with Crippen LogP contribution in [0.5, 0.6) is 0 Å². The summed E-state index contributed by atoms with van der Waals surface area (Å²) in [5.41, 5.74) is 2.60. The fraction of sp³-hybridized carbons (Fsp3) is 0.889. The Morgan fingerprint density at radius 3 is 2.68 bits per heavy atom. The monoisotopic (exact) mass is 414 g/mol. The zero-order chi connectivity index (χ0) is 20.1. The summed E-state index contributed by atoms with van der Waals surface area (Å²) in [6.07, 6.45) is 3.77. The van der Waals surface area contributed by atoms with Gasteiger partial charge in [-0.05, 0) is 52.4 Å². The number of hydrogen-bond donors (Lipinski definition) is 2. The molecular formula is C18H30N4O5S. The van der Waals surface area contributed by atoms with Gasteiger partial charge in [-0.3, -0.25) is 9.63 Å². The molecule has 1 saturated heterocycles. The van der Waals surface area contributed by atoms with Gasteiger partial charge >= 0.3 is 0 Å². The highest BCUT2D eigenvalue weighted by Gasteiger charge is 2.49. The summed E-state index contributed by atoms with van der Waals surface area (Å²) in [5, 5.41) is 5.27. The Bertz CT molecular complexity index is 766. The van der Waals surface area contributed by atoms with Gasteiger partial charge in [-0.25, -0.2) is 18.1 Å². The Labute approximate surface area is 166 Å². The highest BCUT2D eigenvalue weighted by atomic mass is 32.2. The number of fused-ring (bicyclic) bond motifs is 1. The van der Waals surface area contributed by atoms with Gasteiger partial charge in [0.15, 0.2) is 0 Å². The first-order valence-corrected chi connectivity index (χ1v) is 11.6. The molecule has 2 heterocycles. The number of amides is 1. The summed E-state index contributed by atoms with van der Waals surface area (Å²) in [5.74, 6) is -0.201. The molecule has 2 saturated carbocycles. The topological polar surface area (TPSA) is 109 Å². The molecule has 1 amide bonds. The Morgan fingerprint density at radius 1 is 1.32 bits per heavy atom. The predicted molar refractivity (Wildman–Crippen MR) is 103 cm³/mol. The van der Waals surface area contributed by atoms with E-state index in [0.29, 0.717) is 31.7 Å². The van der Waals surface area contributed by atoms with E-state index >= 15 is 0 Å². The van der Waals surface area contributed by atoms with Crippen molar-refractivity contribution in [1.29, 1.82) is 0 Å². The number of ether oxygens (including phenoxy) is 1. The lowest BCUT2D eigenvalue weighted by Crippen LogP contribution is -2.52. The van der Waals surface area contributed by atoms with E-state index in [0.717, 1.165) is 19.3 Å². The normalized spacial score (nSPS) is 37.4. The smallest absolute Gasteiger partial charge is 0.246 e. The van der Waals surface area contributed by atoms with Crippen LogP contribution >= 0.6 is 0 Å². The number of sulfonamides is 1. The van der Waals surface area contributed by atoms with Crippen LogP contribution in [0.3, 0.4) is 0 Å². The Balaban J connectivity index is 1.49. The average molecular weight is 415 g/mol. The highest BCUT2D eigenvalue weighted by molar-refractivity contribution is 7.90. The van der Waals surface area contributed by atoms with Gasteiger partial charge in [0.2, 0.25) is 21.8 Å². The van der Waals surface area contributed by atoms with Crippen LogP contribution in [0.2, 0.25) is 0 Å². The van der Waals surface area contributed by atoms with Crippen LogP contribution in [0.25, 0.3) is 0 Å². The quantitative estimate of drug-likeness (QED) is 0.686. The molecule has 9 nitrogen and oxygen atoms in total. The van der Waals surface area contributed by atoms with Gasteiger partial charge < -0.3 is 4.74 Å². The first-order valence-electron chi connectivity index (χ1n) is 10.1. The molecule has 2 aliphatic carbocycles. The maximum Gasteiger partial charge on any atom is 0.246 e. The number of nitrogens with one attached hydrogen (secondary N) is 2. The number of carbonyl (C=O) groups is 1. The molecule has 0 aromatic rings. The lowest BCUT2D eigenvalue weighted by Gasteiger charge is -2.40. The molecule has 28 heavy (non-hydrogen) atoms. The second-order valence-corrected chi connectivity index (χ2v) is 10.9. The second-order valence-electron chi connectivity index (χ2n) is 8.91. The molecule has 5 atom stereocenters. The maximum absolute atomic E-state index is 13.1. The first-order chi connectivity index (χ1) is 13.2. The number of hydrogen-bond acceptors (Lipinski definition) is 7. The molecule has 5 unspecified atom stereocenters. The van der Waals surface area contributed by atoms with Crippen LogP contribution in [-0.2, 0) is 24.4 Å². The molecular weight excluding hydrogens is 384 g/mol. The van der Waals surface area contributed by atoms with Crippen molar-refractivity contribution in [3.63, 3.8) is 0 Å². The van der Waals surface area contributed by atoms with E-state index in [4.69, 9.17) is 9.57 Å².